The Balaban J connectivity index is 1.21. The molecule has 0 saturated heterocycles. The molecule has 2 heterocycles. The molecule has 4 aromatic rings. The molecule has 0 saturated carbocycles. The van der Waals surface area contributed by atoms with Crippen molar-refractivity contribution in [2.75, 3.05) is 13.1 Å². The Kier molecular flexibility index (Phi) is 8.92. The third-order valence-corrected chi connectivity index (χ3v) is 8.50. The highest BCUT2D eigenvalue weighted by atomic mass is 16.4. The fourth-order valence-corrected chi connectivity index (χ4v) is 6.13. The van der Waals surface area contributed by atoms with Gasteiger partial charge in [-0.05, 0) is 35.4 Å². The maximum absolute atomic E-state index is 13.6. The number of carbonyl (C=O) groups excluding carboxylic acids is 6. The lowest BCUT2D eigenvalue weighted by Gasteiger charge is -2.31. The number of rotatable bonds is 12. The van der Waals surface area contributed by atoms with Gasteiger partial charge in [0.05, 0.1) is 0 Å². The largest absolute Gasteiger partial charge is 0.480 e. The lowest BCUT2D eigenvalue weighted by Crippen LogP contribution is -2.51. The highest BCUT2D eigenvalue weighted by Gasteiger charge is 2.41. The summed E-state index contributed by atoms with van der Waals surface area (Å²) in [6.07, 6.45) is -0.0713. The molecule has 0 spiro atoms. The molecule has 2 aliphatic heterocycles. The second-order valence-electron chi connectivity index (χ2n) is 11.8. The van der Waals surface area contributed by atoms with Crippen LogP contribution in [-0.2, 0) is 32.0 Å². The molecule has 2 atom stereocenters. The van der Waals surface area contributed by atoms with Crippen LogP contribution in [0.1, 0.15) is 52.6 Å². The molecule has 14 nitrogen and oxygen atoms in total. The minimum absolute atomic E-state index is 0.0266. The van der Waals surface area contributed by atoms with E-state index in [9.17, 15) is 48.6 Å². The van der Waals surface area contributed by atoms with E-state index in [4.69, 9.17) is 0 Å². The fraction of sp³-hybridized carbons (Fsp3) is 0.167. The Labute approximate surface area is 283 Å². The summed E-state index contributed by atoms with van der Waals surface area (Å²) in [5, 5.41) is 24.1. The predicted octanol–water partition coefficient (Wildman–Crippen LogP) is 1.66. The molecular formula is C36H28N4O10. The normalized spacial score (nSPS) is 14.7. The van der Waals surface area contributed by atoms with Gasteiger partial charge in [-0.1, -0.05) is 60.7 Å². The fourth-order valence-electron chi connectivity index (χ4n) is 6.13. The second kappa shape index (κ2) is 13.4. The topological polar surface area (TPSA) is 208 Å². The van der Waals surface area contributed by atoms with Crippen molar-refractivity contribution >= 4 is 58.2 Å². The third-order valence-electron chi connectivity index (χ3n) is 8.50. The van der Waals surface area contributed by atoms with Crippen molar-refractivity contribution in [2.24, 2.45) is 0 Å². The molecular weight excluding hydrogens is 648 g/mol. The molecule has 14 heteroatoms. The smallest absolute Gasteiger partial charge is 0.326 e. The monoisotopic (exact) mass is 676 g/mol. The summed E-state index contributed by atoms with van der Waals surface area (Å²) in [6.45, 7) is -1.58. The molecule has 6 rings (SSSR count). The minimum Gasteiger partial charge on any atom is -0.480 e. The number of carbonyl (C=O) groups is 8. The summed E-state index contributed by atoms with van der Waals surface area (Å²) < 4.78 is 0. The predicted molar refractivity (Wildman–Crippen MR) is 174 cm³/mol. The third kappa shape index (κ3) is 6.29. The van der Waals surface area contributed by atoms with E-state index in [1.165, 1.54) is 24.3 Å². The summed E-state index contributed by atoms with van der Waals surface area (Å²) in [4.78, 5) is 105. The Morgan fingerprint density at radius 2 is 0.800 bits per heavy atom. The number of nitrogens with one attached hydrogen (secondary N) is 2. The van der Waals surface area contributed by atoms with Gasteiger partial charge >= 0.3 is 11.9 Å². The number of amides is 6. The van der Waals surface area contributed by atoms with Crippen molar-refractivity contribution < 1.29 is 48.6 Å². The van der Waals surface area contributed by atoms with Gasteiger partial charge in [-0.25, -0.2) is 9.59 Å². The molecule has 0 fully saturated rings. The van der Waals surface area contributed by atoms with Crippen LogP contribution in [0, 0.1) is 0 Å². The number of hydrogen-bond acceptors (Lipinski definition) is 8. The van der Waals surface area contributed by atoms with Crippen LogP contribution in [0.2, 0.25) is 0 Å². The summed E-state index contributed by atoms with van der Waals surface area (Å²) in [5.41, 5.74) is 1.03. The van der Waals surface area contributed by atoms with Gasteiger partial charge in [-0.15, -0.1) is 0 Å². The first-order chi connectivity index (χ1) is 23.9. The maximum atomic E-state index is 13.6. The van der Waals surface area contributed by atoms with Crippen molar-refractivity contribution in [3.05, 3.63) is 118 Å². The average Bonchev–Trinajstić information content (AvgIpc) is 3.10. The van der Waals surface area contributed by atoms with Crippen LogP contribution in [-0.4, -0.2) is 92.6 Å². The standard InChI is InChI=1S/C36H28N4O10/c41-27(37-25(35(47)48)15-19-7-3-1-4-8-19)17-39-31(43)21-11-13-23-30-24(14-12-22(29(21)30)32(39)44)34(46)40(33(23)45)18-28(42)38-26(36(49)50)16-20-9-5-2-6-10-20/h1-14,25-26H,15-18H2,(H,37,41)(H,38,42)(H,47,48)(H,49,50). The van der Waals surface area contributed by atoms with Crippen molar-refractivity contribution in [3.63, 3.8) is 0 Å². The van der Waals surface area contributed by atoms with Crippen LogP contribution < -0.4 is 10.6 Å². The van der Waals surface area contributed by atoms with Gasteiger partial charge in [-0.3, -0.25) is 38.6 Å². The number of carboxylic acids is 2. The zero-order chi connectivity index (χ0) is 35.7. The van der Waals surface area contributed by atoms with Gasteiger partial charge in [0.2, 0.25) is 11.8 Å². The lowest BCUT2D eigenvalue weighted by atomic mass is 9.86. The highest BCUT2D eigenvalue weighted by Crippen LogP contribution is 2.37. The quantitative estimate of drug-likeness (QED) is 0.160. The summed E-state index contributed by atoms with van der Waals surface area (Å²) in [7, 11) is 0. The molecule has 2 aliphatic rings. The maximum Gasteiger partial charge on any atom is 0.326 e. The number of benzene rings is 4. The van der Waals surface area contributed by atoms with Crippen molar-refractivity contribution in [3.8, 4) is 0 Å². The molecule has 4 N–H and O–H groups in total. The van der Waals surface area contributed by atoms with Gasteiger partial charge in [0, 0.05) is 45.9 Å². The molecule has 6 amide bonds. The Morgan fingerprint density at radius 3 is 1.08 bits per heavy atom. The van der Waals surface area contributed by atoms with Gasteiger partial charge in [-0.2, -0.15) is 0 Å². The lowest BCUT2D eigenvalue weighted by molar-refractivity contribution is -0.142. The Morgan fingerprint density at radius 1 is 0.500 bits per heavy atom. The van der Waals surface area contributed by atoms with Crippen molar-refractivity contribution in [1.29, 1.82) is 0 Å². The van der Waals surface area contributed by atoms with Gasteiger partial charge in [0.15, 0.2) is 0 Å². The Hall–Kier alpha value is -6.70. The van der Waals surface area contributed by atoms with Crippen molar-refractivity contribution in [2.45, 2.75) is 24.9 Å². The Bertz CT molecular complexity index is 1900. The van der Waals surface area contributed by atoms with Crippen LogP contribution in [0.25, 0.3) is 10.8 Å². The first-order valence-electron chi connectivity index (χ1n) is 15.4. The number of nitrogens with zero attached hydrogens (tertiary/aromatic N) is 2. The first kappa shape index (κ1) is 33.2. The summed E-state index contributed by atoms with van der Waals surface area (Å²) in [6, 6.07) is 19.6. The van der Waals surface area contributed by atoms with Crippen LogP contribution in [0.4, 0.5) is 0 Å². The van der Waals surface area contributed by atoms with E-state index in [-0.39, 0.29) is 45.9 Å². The number of aliphatic carboxylic acids is 2. The second-order valence-corrected chi connectivity index (χ2v) is 11.8. The zero-order valence-corrected chi connectivity index (χ0v) is 26.1. The van der Waals surface area contributed by atoms with E-state index in [2.05, 4.69) is 10.6 Å². The highest BCUT2D eigenvalue weighted by molar-refractivity contribution is 6.33. The van der Waals surface area contributed by atoms with Crippen LogP contribution in [0.5, 0.6) is 0 Å². The zero-order valence-electron chi connectivity index (χ0n) is 26.1. The van der Waals surface area contributed by atoms with E-state index in [1.54, 1.807) is 60.7 Å². The molecule has 0 aliphatic carbocycles. The van der Waals surface area contributed by atoms with Crippen LogP contribution >= 0.6 is 0 Å². The van der Waals surface area contributed by atoms with E-state index < -0.39 is 72.6 Å². The molecule has 252 valence electrons. The number of carboxylic acid groups (broad SMARTS) is 2. The van der Waals surface area contributed by atoms with Crippen LogP contribution in [0.3, 0.4) is 0 Å². The number of hydrogen-bond donors (Lipinski definition) is 4. The minimum atomic E-state index is -1.33. The molecule has 4 aromatic carbocycles. The number of imide groups is 2. The molecule has 50 heavy (non-hydrogen) atoms. The van der Waals surface area contributed by atoms with Gasteiger partial charge in [0.1, 0.15) is 25.2 Å². The first-order valence-corrected chi connectivity index (χ1v) is 15.4. The van der Waals surface area contributed by atoms with E-state index >= 15 is 0 Å². The van der Waals surface area contributed by atoms with Crippen LogP contribution in [0.15, 0.2) is 84.9 Å². The summed E-state index contributed by atoms with van der Waals surface area (Å²) in [5.74, 6) is -7.97. The van der Waals surface area contributed by atoms with Gasteiger partial charge < -0.3 is 20.8 Å². The van der Waals surface area contributed by atoms with Crippen molar-refractivity contribution in [1.82, 2.24) is 20.4 Å². The average molecular weight is 677 g/mol. The molecule has 0 radical (unpaired) electrons. The SMILES string of the molecule is O=C(CN1C(=O)c2ccc3c4c(ccc(c24)C1=O)C(=O)N(CC(=O)NC(Cc1ccccc1)C(=O)O)C3=O)NC(Cc1ccccc1)C(=O)O. The molecule has 2 unspecified atom stereocenters. The van der Waals surface area contributed by atoms with E-state index in [0.29, 0.717) is 20.9 Å². The van der Waals surface area contributed by atoms with E-state index in [1.807, 2.05) is 0 Å². The molecule has 0 bridgehead atoms. The van der Waals surface area contributed by atoms with E-state index in [0.717, 1.165) is 0 Å². The van der Waals surface area contributed by atoms with Gasteiger partial charge in [0.25, 0.3) is 23.6 Å². The summed E-state index contributed by atoms with van der Waals surface area (Å²) >= 11 is 0. The molecule has 0 aromatic heterocycles.